The number of ether oxygens (including phenoxy) is 2. The maximum atomic E-state index is 13.9. The largest absolute Gasteiger partial charge is 0.495 e. The molecule has 0 fully saturated rings. The highest BCUT2D eigenvalue weighted by Gasteiger charge is 2.10. The van der Waals surface area contributed by atoms with Crippen LogP contribution in [0.1, 0.15) is 6.92 Å². The summed E-state index contributed by atoms with van der Waals surface area (Å²) in [7, 11) is 1.49. The summed E-state index contributed by atoms with van der Waals surface area (Å²) in [5, 5.41) is 2.99. The molecule has 20 heavy (non-hydrogen) atoms. The molecule has 0 saturated heterocycles. The Balaban J connectivity index is 2.35. The van der Waals surface area contributed by atoms with Gasteiger partial charge in [0.15, 0.2) is 0 Å². The van der Waals surface area contributed by atoms with Crippen molar-refractivity contribution in [2.75, 3.05) is 24.8 Å². The Bertz CT molecular complexity index is 602. The lowest BCUT2D eigenvalue weighted by molar-refractivity contribution is 0.342. The van der Waals surface area contributed by atoms with E-state index in [1.807, 2.05) is 31.2 Å². The van der Waals surface area contributed by atoms with Crippen molar-refractivity contribution in [1.82, 2.24) is 0 Å². The van der Waals surface area contributed by atoms with Crippen molar-refractivity contribution in [3.63, 3.8) is 0 Å². The van der Waals surface area contributed by atoms with Gasteiger partial charge in [-0.1, -0.05) is 12.1 Å². The summed E-state index contributed by atoms with van der Waals surface area (Å²) in [6.45, 7) is 2.43. The van der Waals surface area contributed by atoms with Gasteiger partial charge in [-0.25, -0.2) is 4.39 Å². The summed E-state index contributed by atoms with van der Waals surface area (Å²) < 4.78 is 24.5. The average molecular weight is 276 g/mol. The molecular formula is C15H17FN2O2. The number of anilines is 3. The molecule has 0 aliphatic rings. The van der Waals surface area contributed by atoms with Crippen LogP contribution in [0.15, 0.2) is 36.4 Å². The third kappa shape index (κ3) is 2.93. The molecule has 0 aromatic heterocycles. The highest BCUT2D eigenvalue weighted by Crippen LogP contribution is 2.33. The van der Waals surface area contributed by atoms with Crippen molar-refractivity contribution < 1.29 is 13.9 Å². The molecule has 0 amide bonds. The number of hydrogen-bond donors (Lipinski definition) is 2. The highest BCUT2D eigenvalue weighted by atomic mass is 19.1. The van der Waals surface area contributed by atoms with Crippen molar-refractivity contribution >= 4 is 17.1 Å². The molecule has 0 bridgehead atoms. The zero-order chi connectivity index (χ0) is 14.5. The highest BCUT2D eigenvalue weighted by molar-refractivity contribution is 5.70. The third-order valence-corrected chi connectivity index (χ3v) is 2.78. The number of halogens is 1. The maximum Gasteiger partial charge on any atom is 0.148 e. The van der Waals surface area contributed by atoms with Crippen LogP contribution in [0.3, 0.4) is 0 Å². The van der Waals surface area contributed by atoms with Crippen LogP contribution in [-0.2, 0) is 0 Å². The Hall–Kier alpha value is -2.43. The van der Waals surface area contributed by atoms with Crippen molar-refractivity contribution in [3.8, 4) is 11.5 Å². The fourth-order valence-corrected chi connectivity index (χ4v) is 1.84. The van der Waals surface area contributed by atoms with E-state index in [4.69, 9.17) is 15.2 Å². The van der Waals surface area contributed by atoms with Crippen LogP contribution in [-0.4, -0.2) is 13.7 Å². The molecule has 0 heterocycles. The molecule has 0 spiro atoms. The monoisotopic (exact) mass is 276 g/mol. The van der Waals surface area contributed by atoms with Gasteiger partial charge in [0.25, 0.3) is 0 Å². The number of hydrogen-bond acceptors (Lipinski definition) is 4. The van der Waals surface area contributed by atoms with E-state index in [9.17, 15) is 4.39 Å². The molecule has 3 N–H and O–H groups in total. The van der Waals surface area contributed by atoms with Gasteiger partial charge >= 0.3 is 0 Å². The first-order chi connectivity index (χ1) is 9.65. The lowest BCUT2D eigenvalue weighted by Gasteiger charge is -2.14. The van der Waals surface area contributed by atoms with Crippen molar-refractivity contribution in [3.05, 3.63) is 42.2 Å². The van der Waals surface area contributed by atoms with Crippen LogP contribution >= 0.6 is 0 Å². The Morgan fingerprint density at radius 1 is 1.15 bits per heavy atom. The Morgan fingerprint density at radius 3 is 2.60 bits per heavy atom. The van der Waals surface area contributed by atoms with Crippen LogP contribution in [0.4, 0.5) is 21.5 Å². The summed E-state index contributed by atoms with van der Waals surface area (Å²) in [5.41, 5.74) is 6.87. The van der Waals surface area contributed by atoms with E-state index in [0.29, 0.717) is 23.8 Å². The smallest absolute Gasteiger partial charge is 0.148 e. The van der Waals surface area contributed by atoms with Gasteiger partial charge in [-0.05, 0) is 19.1 Å². The van der Waals surface area contributed by atoms with Crippen molar-refractivity contribution in [2.24, 2.45) is 0 Å². The first-order valence-electron chi connectivity index (χ1n) is 6.27. The van der Waals surface area contributed by atoms with Gasteiger partial charge in [0.05, 0.1) is 30.8 Å². The normalized spacial score (nSPS) is 10.2. The predicted octanol–water partition coefficient (Wildman–Crippen LogP) is 3.56. The number of nitrogen functional groups attached to an aromatic ring is 1. The third-order valence-electron chi connectivity index (χ3n) is 2.78. The number of methoxy groups -OCH3 is 1. The maximum absolute atomic E-state index is 13.9. The molecule has 106 valence electrons. The van der Waals surface area contributed by atoms with E-state index in [2.05, 4.69) is 5.32 Å². The van der Waals surface area contributed by atoms with Crippen molar-refractivity contribution in [2.45, 2.75) is 6.92 Å². The second-order valence-corrected chi connectivity index (χ2v) is 4.13. The molecule has 2 rings (SSSR count). The van der Waals surface area contributed by atoms with Gasteiger partial charge in [-0.2, -0.15) is 0 Å². The Labute approximate surface area is 117 Å². The summed E-state index contributed by atoms with van der Waals surface area (Å²) in [6, 6.07) is 10.1. The summed E-state index contributed by atoms with van der Waals surface area (Å²) in [4.78, 5) is 0. The molecule has 2 aromatic rings. The standard InChI is InChI=1S/C15H17FN2O2/c1-3-20-14-7-5-4-6-12(14)18-13-9-15(19-2)11(17)8-10(13)16/h4-9,18H,3,17H2,1-2H3. The fraction of sp³-hybridized carbons (Fsp3) is 0.200. The summed E-state index contributed by atoms with van der Waals surface area (Å²) >= 11 is 0. The Morgan fingerprint density at radius 2 is 1.90 bits per heavy atom. The minimum Gasteiger partial charge on any atom is -0.495 e. The van der Waals surface area contributed by atoms with E-state index in [0.717, 1.165) is 0 Å². The molecule has 0 aliphatic carbocycles. The first-order valence-corrected chi connectivity index (χ1v) is 6.27. The average Bonchev–Trinajstić information content (AvgIpc) is 2.44. The van der Waals surface area contributed by atoms with Gasteiger partial charge in [-0.15, -0.1) is 0 Å². The predicted molar refractivity (Wildman–Crippen MR) is 78.3 cm³/mol. The van der Waals surface area contributed by atoms with Gasteiger partial charge in [0, 0.05) is 12.1 Å². The van der Waals surface area contributed by atoms with Gasteiger partial charge in [0.1, 0.15) is 17.3 Å². The number of para-hydroxylation sites is 2. The lowest BCUT2D eigenvalue weighted by Crippen LogP contribution is -2.01. The van der Waals surface area contributed by atoms with E-state index in [1.165, 1.54) is 19.2 Å². The molecule has 0 radical (unpaired) electrons. The molecule has 2 aromatic carbocycles. The van der Waals surface area contributed by atoms with Crippen LogP contribution in [0.5, 0.6) is 11.5 Å². The molecule has 0 atom stereocenters. The molecular weight excluding hydrogens is 259 g/mol. The van der Waals surface area contributed by atoms with Gasteiger partial charge in [-0.3, -0.25) is 0 Å². The van der Waals surface area contributed by atoms with Crippen molar-refractivity contribution in [1.29, 1.82) is 0 Å². The van der Waals surface area contributed by atoms with E-state index >= 15 is 0 Å². The van der Waals surface area contributed by atoms with Gasteiger partial charge in [0.2, 0.25) is 0 Å². The SMILES string of the molecule is CCOc1ccccc1Nc1cc(OC)c(N)cc1F. The first kappa shape index (κ1) is 14.0. The number of rotatable bonds is 5. The van der Waals surface area contributed by atoms with E-state index in [1.54, 1.807) is 0 Å². The molecule has 5 heteroatoms. The zero-order valence-corrected chi connectivity index (χ0v) is 11.4. The second-order valence-electron chi connectivity index (χ2n) is 4.13. The quantitative estimate of drug-likeness (QED) is 0.820. The fourth-order valence-electron chi connectivity index (χ4n) is 1.84. The number of nitrogens with two attached hydrogens (primary N) is 1. The second kappa shape index (κ2) is 6.14. The zero-order valence-electron chi connectivity index (χ0n) is 11.4. The summed E-state index contributed by atoms with van der Waals surface area (Å²) in [6.07, 6.45) is 0. The number of benzene rings is 2. The van der Waals surface area contributed by atoms with Crippen LogP contribution in [0.2, 0.25) is 0 Å². The van der Waals surface area contributed by atoms with E-state index < -0.39 is 5.82 Å². The molecule has 0 unspecified atom stereocenters. The minimum atomic E-state index is -0.449. The lowest BCUT2D eigenvalue weighted by atomic mass is 10.2. The number of nitrogens with one attached hydrogen (secondary N) is 1. The van der Waals surface area contributed by atoms with Crippen LogP contribution in [0, 0.1) is 5.82 Å². The molecule has 4 nitrogen and oxygen atoms in total. The van der Waals surface area contributed by atoms with Crippen LogP contribution < -0.4 is 20.5 Å². The minimum absolute atomic E-state index is 0.258. The summed E-state index contributed by atoms with van der Waals surface area (Å²) in [5.74, 6) is 0.627. The van der Waals surface area contributed by atoms with Crippen LogP contribution in [0.25, 0.3) is 0 Å². The van der Waals surface area contributed by atoms with E-state index in [-0.39, 0.29) is 11.4 Å². The topological polar surface area (TPSA) is 56.5 Å². The molecule has 0 aliphatic heterocycles. The van der Waals surface area contributed by atoms with Gasteiger partial charge < -0.3 is 20.5 Å². The Kier molecular flexibility index (Phi) is 4.30. The molecule has 0 saturated carbocycles.